The number of carbonyl (C=O) groups excluding carboxylic acids is 1. The molecule has 5 N–H and O–H groups in total. The summed E-state index contributed by atoms with van der Waals surface area (Å²) in [5, 5.41) is 22.2. The van der Waals surface area contributed by atoms with Gasteiger partial charge in [0, 0.05) is 73.5 Å². The Morgan fingerprint density at radius 3 is 1.57 bits per heavy atom. The van der Waals surface area contributed by atoms with Gasteiger partial charge in [0.15, 0.2) is 5.78 Å². The number of aromatic amines is 4. The fraction of sp³-hybridized carbons (Fsp3) is 0. The second-order valence-corrected chi connectivity index (χ2v) is 13.1. The molecule has 7 nitrogen and oxygen atoms in total. The van der Waals surface area contributed by atoms with E-state index < -0.39 is 0 Å². The van der Waals surface area contributed by atoms with Crippen molar-refractivity contribution in [3.05, 3.63) is 173 Å². The number of aromatic hydroxyl groups is 1. The number of benzene rings is 2. The van der Waals surface area contributed by atoms with Crippen LogP contribution in [0, 0.1) is 11.3 Å². The molecule has 2 aromatic carbocycles. The van der Waals surface area contributed by atoms with E-state index in [9.17, 15) is 15.2 Å². The quantitative estimate of drug-likeness (QED) is 0.124. The summed E-state index contributed by atoms with van der Waals surface area (Å²) >= 11 is 27.0. The van der Waals surface area contributed by atoms with Crippen LogP contribution in [0.4, 0.5) is 0 Å². The number of halogens is 4. The number of hydrogen-bond donors (Lipinski definition) is 5. The van der Waals surface area contributed by atoms with Gasteiger partial charge in [0.25, 0.3) is 0 Å². The molecule has 1 aliphatic carbocycles. The van der Waals surface area contributed by atoms with Gasteiger partial charge in [0.1, 0.15) is 5.75 Å². The standard InChI is InChI=1S/C38H21Cl4N5O2/c39-22-13-20(48)14-23(40)35(22)37-30-7-5-26(44-30)27-6-8-31(45-27)38(36-24(41)15-21(49)16-25(36)42)33-12-10-29(47-33)34(28-9-11-32(37)46-28)19-3-1-18(17-43)2-4-19/h1-16,44-48H/b34-28-,37-32+. The van der Waals surface area contributed by atoms with Gasteiger partial charge in [0.2, 0.25) is 0 Å². The molecule has 4 aromatic heterocycles. The lowest BCUT2D eigenvalue weighted by molar-refractivity contribution is -0.110. The lowest BCUT2D eigenvalue weighted by atomic mass is 9.97. The minimum atomic E-state index is -0.297. The summed E-state index contributed by atoms with van der Waals surface area (Å²) in [7, 11) is 0. The SMILES string of the molecule is N#Cc1ccc(/C2=c3\cc/c([nH]3)=C(\c3c(Cl)cc(O)cc3Cl)c3ccc([nH]3)-c3ccc([nH]3)C(=C3C(Cl)=CC(=O)C=C3Cl)c3ccc2[nH]3)cc1. The molecule has 2 aliphatic rings. The van der Waals surface area contributed by atoms with Crippen molar-refractivity contribution in [2.24, 2.45) is 0 Å². The first kappa shape index (κ1) is 30.9. The maximum Gasteiger partial charge on any atom is 0.181 e. The van der Waals surface area contributed by atoms with Crippen LogP contribution in [0.1, 0.15) is 39.5 Å². The molecule has 0 fully saturated rings. The first-order chi connectivity index (χ1) is 23.7. The van der Waals surface area contributed by atoms with E-state index in [1.54, 1.807) is 12.1 Å². The zero-order valence-electron chi connectivity index (χ0n) is 25.1. The fourth-order valence-electron chi connectivity index (χ4n) is 6.35. The highest BCUT2D eigenvalue weighted by Crippen LogP contribution is 2.41. The van der Waals surface area contributed by atoms with Gasteiger partial charge in [-0.15, -0.1) is 0 Å². The summed E-state index contributed by atoms with van der Waals surface area (Å²) in [5.74, 6) is -0.347. The van der Waals surface area contributed by atoms with E-state index in [0.29, 0.717) is 50.3 Å². The molecule has 8 bridgehead atoms. The highest BCUT2D eigenvalue weighted by Gasteiger charge is 2.25. The number of phenolic OH excluding ortho intramolecular Hbond substituents is 1. The number of hydrogen-bond acceptors (Lipinski definition) is 3. The van der Waals surface area contributed by atoms with E-state index >= 15 is 0 Å². The smallest absolute Gasteiger partial charge is 0.181 e. The van der Waals surface area contributed by atoms with E-state index in [0.717, 1.165) is 33.6 Å². The molecule has 49 heavy (non-hydrogen) atoms. The van der Waals surface area contributed by atoms with E-state index in [-0.39, 0.29) is 31.6 Å². The largest absolute Gasteiger partial charge is 0.508 e. The van der Waals surface area contributed by atoms with Crippen LogP contribution in [-0.4, -0.2) is 30.8 Å². The molecular weight excluding hydrogens is 700 g/mol. The first-order valence-electron chi connectivity index (χ1n) is 14.9. The third-order valence-corrected chi connectivity index (χ3v) is 9.69. The topological polar surface area (TPSA) is 124 Å². The van der Waals surface area contributed by atoms with Crippen molar-refractivity contribution in [2.45, 2.75) is 0 Å². The van der Waals surface area contributed by atoms with Crippen molar-refractivity contribution < 1.29 is 9.90 Å². The molecule has 6 aromatic rings. The van der Waals surface area contributed by atoms with Gasteiger partial charge >= 0.3 is 0 Å². The molecule has 1 aliphatic heterocycles. The van der Waals surface area contributed by atoms with Crippen LogP contribution < -0.4 is 10.7 Å². The third-order valence-electron chi connectivity index (χ3n) is 8.50. The predicted molar refractivity (Wildman–Crippen MR) is 193 cm³/mol. The van der Waals surface area contributed by atoms with Gasteiger partial charge in [-0.05, 0) is 78.4 Å². The van der Waals surface area contributed by atoms with Gasteiger partial charge in [-0.1, -0.05) is 58.5 Å². The molecule has 0 saturated heterocycles. The average molecular weight is 721 g/mol. The zero-order valence-corrected chi connectivity index (χ0v) is 28.1. The summed E-state index contributed by atoms with van der Waals surface area (Å²) < 4.78 is 0. The van der Waals surface area contributed by atoms with E-state index in [1.807, 2.05) is 60.7 Å². The number of fused-ring (bicyclic) bond motifs is 9. The molecule has 238 valence electrons. The molecule has 11 heteroatoms. The Kier molecular flexibility index (Phi) is 7.55. The molecule has 0 saturated carbocycles. The van der Waals surface area contributed by atoms with Crippen LogP contribution in [0.15, 0.2) is 113 Å². The molecule has 0 radical (unpaired) electrons. The minimum absolute atomic E-state index is 0.0501. The molecule has 0 atom stereocenters. The Hall–Kier alpha value is -5.36. The van der Waals surface area contributed by atoms with Crippen LogP contribution >= 0.6 is 46.4 Å². The van der Waals surface area contributed by atoms with E-state index in [1.165, 1.54) is 24.3 Å². The molecule has 0 spiro atoms. The number of nitrogens with one attached hydrogen (secondary N) is 4. The lowest BCUT2D eigenvalue weighted by Crippen LogP contribution is -2.18. The van der Waals surface area contributed by atoms with Crippen LogP contribution in [0.2, 0.25) is 10.0 Å². The van der Waals surface area contributed by atoms with Gasteiger partial charge in [-0.2, -0.15) is 5.26 Å². The van der Waals surface area contributed by atoms with Crippen molar-refractivity contribution >= 4 is 68.9 Å². The molecule has 0 amide bonds. The number of aromatic nitrogens is 4. The molecular formula is C38H21Cl4N5O2. The number of ketones is 1. The summed E-state index contributed by atoms with van der Waals surface area (Å²) in [6.45, 7) is 0. The van der Waals surface area contributed by atoms with Gasteiger partial charge in [-0.3, -0.25) is 4.79 Å². The summed E-state index contributed by atoms with van der Waals surface area (Å²) in [6, 6.07) is 27.9. The van der Waals surface area contributed by atoms with Crippen molar-refractivity contribution in [2.75, 3.05) is 0 Å². The summed E-state index contributed by atoms with van der Waals surface area (Å²) in [5.41, 5.74) is 8.96. The third kappa shape index (κ3) is 5.36. The van der Waals surface area contributed by atoms with Crippen molar-refractivity contribution in [1.82, 2.24) is 19.9 Å². The number of allylic oxidation sites excluding steroid dienone is 5. The maximum absolute atomic E-state index is 12.3. The number of nitrogens with zero attached hydrogens (tertiary/aromatic N) is 1. The second kappa shape index (κ2) is 12.0. The maximum atomic E-state index is 12.3. The van der Waals surface area contributed by atoms with Crippen molar-refractivity contribution in [3.8, 4) is 23.2 Å². The predicted octanol–water partition coefficient (Wildman–Crippen LogP) is 7.99. The molecule has 8 rings (SSSR count). The Balaban J connectivity index is 1.50. The summed E-state index contributed by atoms with van der Waals surface area (Å²) in [4.78, 5) is 26.5. The van der Waals surface area contributed by atoms with Crippen LogP contribution in [0.5, 0.6) is 5.75 Å². The Labute approximate surface area is 298 Å². The minimum Gasteiger partial charge on any atom is -0.508 e. The van der Waals surface area contributed by atoms with Crippen LogP contribution in [0.3, 0.4) is 0 Å². The van der Waals surface area contributed by atoms with Gasteiger partial charge in [0.05, 0.1) is 43.1 Å². The van der Waals surface area contributed by atoms with Gasteiger partial charge < -0.3 is 25.0 Å². The van der Waals surface area contributed by atoms with E-state index in [2.05, 4.69) is 26.0 Å². The monoisotopic (exact) mass is 719 g/mol. The fourth-order valence-corrected chi connectivity index (χ4v) is 7.67. The second-order valence-electron chi connectivity index (χ2n) is 11.5. The number of phenols is 1. The zero-order chi connectivity index (χ0) is 34.0. The highest BCUT2D eigenvalue weighted by atomic mass is 35.5. The Bertz CT molecular complexity index is 2590. The molecule has 5 heterocycles. The number of rotatable bonds is 2. The van der Waals surface area contributed by atoms with Crippen LogP contribution in [0.25, 0.3) is 28.1 Å². The highest BCUT2D eigenvalue weighted by molar-refractivity contribution is 6.43. The number of carbonyl (C=O) groups is 1. The number of nitriles is 1. The normalized spacial score (nSPS) is 16.5. The van der Waals surface area contributed by atoms with Crippen molar-refractivity contribution in [3.63, 3.8) is 0 Å². The Morgan fingerprint density at radius 2 is 1.02 bits per heavy atom. The lowest BCUT2D eigenvalue weighted by Gasteiger charge is -2.16. The number of H-pyrrole nitrogens is 4. The van der Waals surface area contributed by atoms with E-state index in [4.69, 9.17) is 46.4 Å². The van der Waals surface area contributed by atoms with Crippen molar-refractivity contribution in [1.29, 1.82) is 5.26 Å². The Morgan fingerprint density at radius 1 is 0.551 bits per heavy atom. The summed E-state index contributed by atoms with van der Waals surface area (Å²) in [6.07, 6.45) is 2.70. The van der Waals surface area contributed by atoms with Gasteiger partial charge in [-0.25, -0.2) is 0 Å². The molecule has 0 unspecified atom stereocenters. The first-order valence-corrected chi connectivity index (χ1v) is 16.4. The van der Waals surface area contributed by atoms with Crippen LogP contribution in [-0.2, 0) is 4.79 Å². The average Bonchev–Trinajstić information content (AvgIpc) is 3.89.